The van der Waals surface area contributed by atoms with Crippen LogP contribution in [0, 0.1) is 0 Å². The molecule has 6 nitrogen and oxygen atoms in total. The van der Waals surface area contributed by atoms with Gasteiger partial charge in [-0.1, -0.05) is 12.1 Å². The van der Waals surface area contributed by atoms with Crippen LogP contribution in [0.4, 0.5) is 5.69 Å². The van der Waals surface area contributed by atoms with Gasteiger partial charge in [0.05, 0.1) is 17.9 Å². The summed E-state index contributed by atoms with van der Waals surface area (Å²) in [6.07, 6.45) is 5.16. The molecule has 1 unspecified atom stereocenters. The van der Waals surface area contributed by atoms with E-state index in [9.17, 15) is 0 Å². The molecule has 0 bridgehead atoms. The van der Waals surface area contributed by atoms with Gasteiger partial charge in [-0.3, -0.25) is 9.39 Å². The monoisotopic (exact) mass is 432 g/mol. The number of aromatic nitrogens is 2. The molecule has 3 heterocycles. The first kappa shape index (κ1) is 17.4. The number of rotatable bonds is 4. The van der Waals surface area contributed by atoms with Crippen molar-refractivity contribution >= 4 is 43.9 Å². The first-order valence-electron chi connectivity index (χ1n) is 8.60. The predicted octanol–water partition coefficient (Wildman–Crippen LogP) is 3.10. The minimum Gasteiger partial charge on any atom is -0.368 e. The van der Waals surface area contributed by atoms with Crippen molar-refractivity contribution in [2.24, 2.45) is 4.99 Å². The number of guanidine groups is 1. The molecule has 26 heavy (non-hydrogen) atoms. The number of halogens is 1. The van der Waals surface area contributed by atoms with Gasteiger partial charge >= 0.3 is 0 Å². The van der Waals surface area contributed by atoms with Crippen LogP contribution >= 0.6 is 27.3 Å². The largest absolute Gasteiger partial charge is 0.368 e. The van der Waals surface area contributed by atoms with E-state index in [2.05, 4.69) is 65.8 Å². The van der Waals surface area contributed by atoms with Crippen molar-refractivity contribution in [3.8, 4) is 0 Å². The number of fused-ring (bicyclic) bond motifs is 1. The molecule has 0 amide bonds. The van der Waals surface area contributed by atoms with Gasteiger partial charge < -0.3 is 15.5 Å². The zero-order valence-corrected chi connectivity index (χ0v) is 16.9. The van der Waals surface area contributed by atoms with Gasteiger partial charge in [0, 0.05) is 48.4 Å². The summed E-state index contributed by atoms with van der Waals surface area (Å²) in [6, 6.07) is 8.75. The van der Waals surface area contributed by atoms with Crippen molar-refractivity contribution in [1.29, 1.82) is 0 Å². The van der Waals surface area contributed by atoms with E-state index in [-0.39, 0.29) is 0 Å². The van der Waals surface area contributed by atoms with Crippen LogP contribution in [-0.4, -0.2) is 41.5 Å². The maximum atomic E-state index is 4.59. The molecule has 3 aromatic rings. The summed E-state index contributed by atoms with van der Waals surface area (Å²) in [4.78, 5) is 12.4. The van der Waals surface area contributed by atoms with Crippen LogP contribution < -0.4 is 15.5 Å². The lowest BCUT2D eigenvalue weighted by Crippen LogP contribution is -2.44. The average molecular weight is 433 g/mol. The maximum Gasteiger partial charge on any atom is 0.193 e. The molecule has 1 aromatic carbocycles. The van der Waals surface area contributed by atoms with Crippen LogP contribution in [-0.2, 0) is 6.54 Å². The molecular formula is C18H21BrN6S. The molecule has 2 N–H and O–H groups in total. The Morgan fingerprint density at radius 1 is 1.42 bits per heavy atom. The Balaban J connectivity index is 1.32. The highest BCUT2D eigenvalue weighted by Gasteiger charge is 2.24. The lowest BCUT2D eigenvalue weighted by molar-refractivity contribution is 0.647. The van der Waals surface area contributed by atoms with Crippen LogP contribution in [0.3, 0.4) is 0 Å². The minimum atomic E-state index is 0.374. The molecule has 4 rings (SSSR count). The number of para-hydroxylation sites is 1. The normalized spacial score (nSPS) is 17.8. The molecule has 2 aromatic heterocycles. The van der Waals surface area contributed by atoms with E-state index in [1.54, 1.807) is 11.3 Å². The highest BCUT2D eigenvalue weighted by atomic mass is 79.9. The zero-order chi connectivity index (χ0) is 17.9. The lowest BCUT2D eigenvalue weighted by Gasteiger charge is -2.21. The summed E-state index contributed by atoms with van der Waals surface area (Å²) < 4.78 is 3.19. The number of nitrogens with zero attached hydrogens (tertiary/aromatic N) is 4. The third-order valence-electron chi connectivity index (χ3n) is 4.53. The molecule has 1 aliphatic rings. The first-order chi connectivity index (χ1) is 12.7. The molecule has 0 saturated carbocycles. The van der Waals surface area contributed by atoms with E-state index in [1.165, 1.54) is 5.69 Å². The highest BCUT2D eigenvalue weighted by molar-refractivity contribution is 9.10. The van der Waals surface area contributed by atoms with E-state index in [0.717, 1.165) is 40.6 Å². The molecule has 8 heteroatoms. The molecule has 1 atom stereocenters. The smallest absolute Gasteiger partial charge is 0.193 e. The second kappa shape index (κ2) is 7.67. The van der Waals surface area contributed by atoms with Gasteiger partial charge in [-0.25, -0.2) is 4.98 Å². The Labute approximate surface area is 165 Å². The van der Waals surface area contributed by atoms with E-state index in [0.29, 0.717) is 12.6 Å². The Kier molecular flexibility index (Phi) is 5.12. The molecule has 0 aliphatic carbocycles. The van der Waals surface area contributed by atoms with Crippen molar-refractivity contribution in [3.05, 3.63) is 52.2 Å². The fourth-order valence-corrected chi connectivity index (χ4v) is 4.48. The van der Waals surface area contributed by atoms with Gasteiger partial charge in [-0.05, 0) is 34.5 Å². The van der Waals surface area contributed by atoms with Crippen LogP contribution in [0.25, 0.3) is 4.96 Å². The number of benzene rings is 1. The van der Waals surface area contributed by atoms with Gasteiger partial charge in [0.1, 0.15) is 0 Å². The van der Waals surface area contributed by atoms with Gasteiger partial charge in [0.25, 0.3) is 0 Å². The zero-order valence-electron chi connectivity index (χ0n) is 14.5. The standard InChI is InChI=1S/C18H21BrN6S/c1-20-17(21-10-14-12-25-8-9-26-18(25)23-14)22-13-6-7-24(11-13)16-5-3-2-4-15(16)19/h2-5,8-9,12-13H,6-7,10-11H2,1H3,(H2,20,21,22). The number of hydrogen-bond donors (Lipinski definition) is 2. The lowest BCUT2D eigenvalue weighted by atomic mass is 10.3. The summed E-state index contributed by atoms with van der Waals surface area (Å²) in [5.74, 6) is 0.820. The molecule has 0 radical (unpaired) electrons. The van der Waals surface area contributed by atoms with Crippen LogP contribution in [0.1, 0.15) is 12.1 Å². The van der Waals surface area contributed by atoms with Crippen LogP contribution in [0.15, 0.2) is 51.5 Å². The van der Waals surface area contributed by atoms with E-state index in [4.69, 9.17) is 0 Å². The molecular weight excluding hydrogens is 412 g/mol. The second-order valence-electron chi connectivity index (χ2n) is 6.28. The summed E-state index contributed by atoms with van der Waals surface area (Å²) in [6.45, 7) is 2.66. The van der Waals surface area contributed by atoms with Crippen molar-refractivity contribution < 1.29 is 0 Å². The molecule has 1 saturated heterocycles. The number of anilines is 1. The van der Waals surface area contributed by atoms with Crippen molar-refractivity contribution in [1.82, 2.24) is 20.0 Å². The summed E-state index contributed by atoms with van der Waals surface area (Å²) in [7, 11) is 1.81. The summed E-state index contributed by atoms with van der Waals surface area (Å²) in [5.41, 5.74) is 2.26. The Bertz CT molecular complexity index is 889. The van der Waals surface area contributed by atoms with Gasteiger partial charge in [-0.2, -0.15) is 0 Å². The third kappa shape index (κ3) is 3.71. The highest BCUT2D eigenvalue weighted by Crippen LogP contribution is 2.28. The van der Waals surface area contributed by atoms with E-state index >= 15 is 0 Å². The maximum absolute atomic E-state index is 4.59. The summed E-state index contributed by atoms with van der Waals surface area (Å²) in [5, 5.41) is 8.94. The van der Waals surface area contributed by atoms with E-state index in [1.807, 2.05) is 29.1 Å². The molecule has 1 fully saturated rings. The predicted molar refractivity (Wildman–Crippen MR) is 111 cm³/mol. The van der Waals surface area contributed by atoms with Crippen molar-refractivity contribution in [3.63, 3.8) is 0 Å². The van der Waals surface area contributed by atoms with Gasteiger partial charge in [0.15, 0.2) is 10.9 Å². The van der Waals surface area contributed by atoms with E-state index < -0.39 is 0 Å². The van der Waals surface area contributed by atoms with Crippen molar-refractivity contribution in [2.45, 2.75) is 19.0 Å². The third-order valence-corrected chi connectivity index (χ3v) is 5.97. The Morgan fingerprint density at radius 2 is 2.31 bits per heavy atom. The SMILES string of the molecule is CN=C(NCc1cn2ccsc2n1)NC1CCN(c2ccccc2Br)C1. The quantitative estimate of drug-likeness (QED) is 0.491. The van der Waals surface area contributed by atoms with Crippen molar-refractivity contribution in [2.75, 3.05) is 25.0 Å². The first-order valence-corrected chi connectivity index (χ1v) is 10.3. The topological polar surface area (TPSA) is 57.0 Å². The fourth-order valence-electron chi connectivity index (χ4n) is 3.23. The Hall–Kier alpha value is -2.06. The molecule has 0 spiro atoms. The van der Waals surface area contributed by atoms with Gasteiger partial charge in [-0.15, -0.1) is 11.3 Å². The second-order valence-corrected chi connectivity index (χ2v) is 8.01. The number of thiazole rings is 1. The fraction of sp³-hybridized carbons (Fsp3) is 0.333. The van der Waals surface area contributed by atoms with Gasteiger partial charge in [0.2, 0.25) is 0 Å². The summed E-state index contributed by atoms with van der Waals surface area (Å²) >= 11 is 5.29. The average Bonchev–Trinajstić information content (AvgIpc) is 3.35. The minimum absolute atomic E-state index is 0.374. The number of imidazole rings is 1. The number of aliphatic imine (C=N–C) groups is 1. The van der Waals surface area contributed by atoms with Crippen LogP contribution in [0.2, 0.25) is 0 Å². The number of hydrogen-bond acceptors (Lipinski definition) is 4. The Morgan fingerprint density at radius 3 is 3.12 bits per heavy atom. The van der Waals surface area contributed by atoms with Crippen LogP contribution in [0.5, 0.6) is 0 Å². The molecule has 136 valence electrons. The number of nitrogens with one attached hydrogen (secondary N) is 2. The molecule has 1 aliphatic heterocycles.